The summed E-state index contributed by atoms with van der Waals surface area (Å²) in [5, 5.41) is 1.27. The van der Waals surface area contributed by atoms with Gasteiger partial charge < -0.3 is 9.30 Å². The van der Waals surface area contributed by atoms with Gasteiger partial charge in [0.2, 0.25) is 0 Å². The molecule has 0 saturated carbocycles. The summed E-state index contributed by atoms with van der Waals surface area (Å²) in [5.41, 5.74) is 2.54. The molecule has 0 N–H and O–H groups in total. The lowest BCUT2D eigenvalue weighted by Crippen LogP contribution is -1.84. The lowest BCUT2D eigenvalue weighted by molar-refractivity contribution is 0.415. The zero-order valence-electron chi connectivity index (χ0n) is 10.2. The van der Waals surface area contributed by atoms with Crippen molar-refractivity contribution in [2.45, 2.75) is 20.8 Å². The quantitative estimate of drug-likeness (QED) is 0.694. The van der Waals surface area contributed by atoms with Crippen molar-refractivity contribution >= 4 is 10.9 Å². The molecule has 0 amide bonds. The van der Waals surface area contributed by atoms with E-state index in [1.165, 1.54) is 16.5 Å². The molecule has 15 heavy (non-hydrogen) atoms. The first-order valence-corrected chi connectivity index (χ1v) is 5.32. The van der Waals surface area contributed by atoms with E-state index in [0.717, 1.165) is 5.75 Å². The van der Waals surface area contributed by atoms with Crippen LogP contribution in [0.4, 0.5) is 0 Å². The summed E-state index contributed by atoms with van der Waals surface area (Å²) in [7, 11) is 3.75. The van der Waals surface area contributed by atoms with Crippen molar-refractivity contribution in [2.75, 3.05) is 7.11 Å². The number of hydrogen-bond acceptors (Lipinski definition) is 1. The SMILES string of the molecule is CC.COc1ccc2c(c1)c(C)cn2C. The minimum Gasteiger partial charge on any atom is -0.497 e. The topological polar surface area (TPSA) is 14.2 Å². The third-order valence-corrected chi connectivity index (χ3v) is 2.40. The molecule has 0 unspecified atom stereocenters. The Morgan fingerprint density at radius 1 is 1.20 bits per heavy atom. The molecule has 2 nitrogen and oxygen atoms in total. The number of nitrogens with zero attached hydrogens (tertiary/aromatic N) is 1. The van der Waals surface area contributed by atoms with Crippen molar-refractivity contribution in [3.8, 4) is 5.75 Å². The monoisotopic (exact) mass is 205 g/mol. The average molecular weight is 205 g/mol. The van der Waals surface area contributed by atoms with Gasteiger partial charge in [0.1, 0.15) is 5.75 Å². The van der Waals surface area contributed by atoms with Crippen molar-refractivity contribution in [2.24, 2.45) is 7.05 Å². The molecule has 1 aromatic heterocycles. The Morgan fingerprint density at radius 2 is 1.87 bits per heavy atom. The van der Waals surface area contributed by atoms with Gasteiger partial charge in [-0.3, -0.25) is 0 Å². The van der Waals surface area contributed by atoms with Crippen molar-refractivity contribution in [1.29, 1.82) is 0 Å². The zero-order valence-corrected chi connectivity index (χ0v) is 10.2. The maximum absolute atomic E-state index is 5.18. The number of aromatic nitrogens is 1. The number of benzene rings is 1. The molecule has 0 aliphatic rings. The summed E-state index contributed by atoms with van der Waals surface area (Å²) in [4.78, 5) is 0. The normalized spacial score (nSPS) is 9.67. The molecular formula is C13H19NO. The zero-order chi connectivity index (χ0) is 11.4. The van der Waals surface area contributed by atoms with E-state index in [9.17, 15) is 0 Å². The fraction of sp³-hybridized carbons (Fsp3) is 0.385. The molecule has 1 aromatic carbocycles. The number of aryl methyl sites for hydroxylation is 2. The molecular weight excluding hydrogens is 186 g/mol. The van der Waals surface area contributed by atoms with E-state index < -0.39 is 0 Å². The van der Waals surface area contributed by atoms with Crippen molar-refractivity contribution in [1.82, 2.24) is 4.57 Å². The van der Waals surface area contributed by atoms with Crippen LogP contribution < -0.4 is 4.74 Å². The first-order valence-electron chi connectivity index (χ1n) is 5.32. The third-order valence-electron chi connectivity index (χ3n) is 2.40. The average Bonchev–Trinajstić information content (AvgIpc) is 2.57. The van der Waals surface area contributed by atoms with Crippen LogP contribution in [0.3, 0.4) is 0 Å². The molecule has 82 valence electrons. The van der Waals surface area contributed by atoms with Crippen LogP contribution in [0.5, 0.6) is 5.75 Å². The van der Waals surface area contributed by atoms with Gasteiger partial charge in [0.05, 0.1) is 7.11 Å². The largest absolute Gasteiger partial charge is 0.497 e. The molecule has 0 fully saturated rings. The van der Waals surface area contributed by atoms with Gasteiger partial charge in [-0.25, -0.2) is 0 Å². The highest BCUT2D eigenvalue weighted by Crippen LogP contribution is 2.24. The molecule has 2 rings (SSSR count). The molecule has 0 aliphatic heterocycles. The standard InChI is InChI=1S/C11H13NO.C2H6/c1-8-7-12(2)11-5-4-9(13-3)6-10(8)11;1-2/h4-7H,1-3H3;1-2H3. The molecule has 0 spiro atoms. The van der Waals surface area contributed by atoms with Gasteiger partial charge in [-0.1, -0.05) is 13.8 Å². The number of rotatable bonds is 1. The molecule has 1 heterocycles. The minimum absolute atomic E-state index is 0.918. The van der Waals surface area contributed by atoms with E-state index in [1.54, 1.807) is 7.11 Å². The molecule has 0 radical (unpaired) electrons. The number of fused-ring (bicyclic) bond motifs is 1. The van der Waals surface area contributed by atoms with Crippen LogP contribution in [0, 0.1) is 6.92 Å². The van der Waals surface area contributed by atoms with Gasteiger partial charge in [-0.2, -0.15) is 0 Å². The first-order chi connectivity index (χ1) is 7.22. The van der Waals surface area contributed by atoms with Crippen molar-refractivity contribution < 1.29 is 4.74 Å². The Labute approximate surface area is 91.5 Å². The molecule has 2 aromatic rings. The highest BCUT2D eigenvalue weighted by molar-refractivity contribution is 5.85. The Bertz CT molecular complexity index is 443. The van der Waals surface area contributed by atoms with Gasteiger partial charge in [0, 0.05) is 24.1 Å². The van der Waals surface area contributed by atoms with E-state index in [2.05, 4.69) is 36.9 Å². The molecule has 2 heteroatoms. The molecule has 0 atom stereocenters. The molecule has 0 aliphatic carbocycles. The number of methoxy groups -OCH3 is 1. The van der Waals surface area contributed by atoms with Gasteiger partial charge in [0.15, 0.2) is 0 Å². The minimum atomic E-state index is 0.918. The van der Waals surface area contributed by atoms with Crippen molar-refractivity contribution in [3.05, 3.63) is 30.0 Å². The summed E-state index contributed by atoms with van der Waals surface area (Å²) in [6, 6.07) is 6.15. The van der Waals surface area contributed by atoms with E-state index >= 15 is 0 Å². The summed E-state index contributed by atoms with van der Waals surface area (Å²) < 4.78 is 7.31. The first kappa shape index (κ1) is 11.6. The van der Waals surface area contributed by atoms with Crippen LogP contribution in [0.2, 0.25) is 0 Å². The summed E-state index contributed by atoms with van der Waals surface area (Å²) >= 11 is 0. The Balaban J connectivity index is 0.000000531. The highest BCUT2D eigenvalue weighted by atomic mass is 16.5. The van der Waals surface area contributed by atoms with Gasteiger partial charge >= 0.3 is 0 Å². The summed E-state index contributed by atoms with van der Waals surface area (Å²) in [5.74, 6) is 0.918. The van der Waals surface area contributed by atoms with E-state index in [-0.39, 0.29) is 0 Å². The fourth-order valence-electron chi connectivity index (χ4n) is 1.70. The molecule has 0 saturated heterocycles. The number of ether oxygens (including phenoxy) is 1. The van der Waals surface area contributed by atoms with Crippen LogP contribution in [-0.4, -0.2) is 11.7 Å². The Hall–Kier alpha value is -1.44. The summed E-state index contributed by atoms with van der Waals surface area (Å²) in [6.45, 7) is 6.11. The molecule has 0 bridgehead atoms. The van der Waals surface area contributed by atoms with Crippen LogP contribution in [0.1, 0.15) is 19.4 Å². The van der Waals surface area contributed by atoms with Gasteiger partial charge in [-0.15, -0.1) is 0 Å². The van der Waals surface area contributed by atoms with Gasteiger partial charge in [-0.05, 0) is 30.7 Å². The second kappa shape index (κ2) is 4.87. The van der Waals surface area contributed by atoms with Crippen LogP contribution in [0.15, 0.2) is 24.4 Å². The van der Waals surface area contributed by atoms with Crippen molar-refractivity contribution in [3.63, 3.8) is 0 Å². The lowest BCUT2D eigenvalue weighted by Gasteiger charge is -2.00. The van der Waals surface area contributed by atoms with E-state index in [4.69, 9.17) is 4.74 Å². The van der Waals surface area contributed by atoms with Crippen LogP contribution in [-0.2, 0) is 7.05 Å². The fourth-order valence-corrected chi connectivity index (χ4v) is 1.70. The second-order valence-electron chi connectivity index (χ2n) is 3.31. The van der Waals surface area contributed by atoms with E-state index in [0.29, 0.717) is 0 Å². The predicted molar refractivity (Wildman–Crippen MR) is 65.6 cm³/mol. The van der Waals surface area contributed by atoms with Crippen LogP contribution >= 0.6 is 0 Å². The highest BCUT2D eigenvalue weighted by Gasteiger charge is 2.03. The lowest BCUT2D eigenvalue weighted by atomic mass is 10.2. The maximum atomic E-state index is 5.18. The predicted octanol–water partition coefficient (Wildman–Crippen LogP) is 3.52. The smallest absolute Gasteiger partial charge is 0.119 e. The van der Waals surface area contributed by atoms with Crippen LogP contribution in [0.25, 0.3) is 10.9 Å². The Morgan fingerprint density at radius 3 is 2.47 bits per heavy atom. The summed E-state index contributed by atoms with van der Waals surface area (Å²) in [6.07, 6.45) is 2.13. The number of hydrogen-bond donors (Lipinski definition) is 0. The maximum Gasteiger partial charge on any atom is 0.119 e. The third kappa shape index (κ3) is 2.14. The van der Waals surface area contributed by atoms with E-state index in [1.807, 2.05) is 19.9 Å². The second-order valence-corrected chi connectivity index (χ2v) is 3.31. The Kier molecular flexibility index (Phi) is 3.78. The van der Waals surface area contributed by atoms with Gasteiger partial charge in [0.25, 0.3) is 0 Å².